The van der Waals surface area contributed by atoms with Crippen LogP contribution in [0.4, 0.5) is 18.9 Å². The molecule has 1 N–H and O–H groups in total. The SMILES string of the molecule is O=C(CSCc1ccc(Cl)cc1F)Nc1c(F)cccc1F. The average Bonchev–Trinajstić information content (AvgIpc) is 2.45. The highest BCUT2D eigenvalue weighted by Gasteiger charge is 2.12. The number of carbonyl (C=O) groups is 1. The van der Waals surface area contributed by atoms with Crippen molar-refractivity contribution in [1.82, 2.24) is 0 Å². The molecule has 2 nitrogen and oxygen atoms in total. The van der Waals surface area contributed by atoms with Gasteiger partial charge in [-0.15, -0.1) is 11.8 Å². The molecule has 0 heterocycles. The number of hydrogen-bond donors (Lipinski definition) is 1. The first-order valence-corrected chi connectivity index (χ1v) is 7.76. The molecule has 1 amide bonds. The van der Waals surface area contributed by atoms with Crippen molar-refractivity contribution in [1.29, 1.82) is 0 Å². The van der Waals surface area contributed by atoms with Crippen molar-refractivity contribution in [2.75, 3.05) is 11.1 Å². The first kappa shape index (κ1) is 16.7. The van der Waals surface area contributed by atoms with Crippen LogP contribution >= 0.6 is 23.4 Å². The maximum atomic E-state index is 13.5. The number of amides is 1. The molecular weight excluding hydrogens is 335 g/mol. The van der Waals surface area contributed by atoms with Crippen LogP contribution in [0.1, 0.15) is 5.56 Å². The van der Waals surface area contributed by atoms with Crippen LogP contribution in [0.15, 0.2) is 36.4 Å². The van der Waals surface area contributed by atoms with E-state index < -0.39 is 29.0 Å². The lowest BCUT2D eigenvalue weighted by Crippen LogP contribution is -2.16. The molecule has 0 bridgehead atoms. The minimum absolute atomic E-state index is 0.0597. The molecule has 22 heavy (non-hydrogen) atoms. The van der Waals surface area contributed by atoms with Crippen LogP contribution in [0.5, 0.6) is 0 Å². The first-order valence-electron chi connectivity index (χ1n) is 6.23. The molecule has 0 aliphatic rings. The number of hydrogen-bond acceptors (Lipinski definition) is 2. The fourth-order valence-corrected chi connectivity index (χ4v) is 2.66. The van der Waals surface area contributed by atoms with Crippen molar-refractivity contribution in [2.24, 2.45) is 0 Å². The lowest BCUT2D eigenvalue weighted by Gasteiger charge is -2.07. The molecular formula is C15H11ClF3NOS. The predicted molar refractivity (Wildman–Crippen MR) is 82.6 cm³/mol. The van der Waals surface area contributed by atoms with Crippen LogP contribution in [-0.2, 0) is 10.5 Å². The molecule has 0 aliphatic heterocycles. The number of nitrogens with one attached hydrogen (secondary N) is 1. The van der Waals surface area contributed by atoms with Gasteiger partial charge in [0, 0.05) is 10.8 Å². The molecule has 0 spiro atoms. The Bertz CT molecular complexity index is 676. The minimum Gasteiger partial charge on any atom is -0.320 e. The van der Waals surface area contributed by atoms with E-state index in [1.165, 1.54) is 18.2 Å². The van der Waals surface area contributed by atoms with Crippen molar-refractivity contribution in [3.63, 3.8) is 0 Å². The van der Waals surface area contributed by atoms with Crippen molar-refractivity contribution < 1.29 is 18.0 Å². The molecule has 0 saturated carbocycles. The zero-order chi connectivity index (χ0) is 16.1. The number of halogens is 4. The van der Waals surface area contributed by atoms with Crippen molar-refractivity contribution in [2.45, 2.75) is 5.75 Å². The van der Waals surface area contributed by atoms with Crippen molar-refractivity contribution in [3.05, 3.63) is 64.4 Å². The highest BCUT2D eigenvalue weighted by molar-refractivity contribution is 7.99. The third kappa shape index (κ3) is 4.42. The van der Waals surface area contributed by atoms with Crippen LogP contribution in [0.2, 0.25) is 5.02 Å². The zero-order valence-corrected chi connectivity index (χ0v) is 12.8. The van der Waals surface area contributed by atoms with Gasteiger partial charge in [-0.25, -0.2) is 13.2 Å². The van der Waals surface area contributed by atoms with Gasteiger partial charge in [0.25, 0.3) is 0 Å². The highest BCUT2D eigenvalue weighted by atomic mass is 35.5. The summed E-state index contributed by atoms with van der Waals surface area (Å²) in [5, 5.41) is 2.45. The Morgan fingerprint density at radius 2 is 1.77 bits per heavy atom. The molecule has 7 heteroatoms. The van der Waals surface area contributed by atoms with Gasteiger partial charge in [0.1, 0.15) is 23.1 Å². The summed E-state index contributed by atoms with van der Waals surface area (Å²) in [4.78, 5) is 11.7. The Kier molecular flexibility index (Phi) is 5.74. The van der Waals surface area contributed by atoms with E-state index >= 15 is 0 Å². The van der Waals surface area contributed by atoms with Crippen LogP contribution in [0.25, 0.3) is 0 Å². The van der Waals surface area contributed by atoms with Gasteiger partial charge >= 0.3 is 0 Å². The summed E-state index contributed by atoms with van der Waals surface area (Å²) in [7, 11) is 0. The third-order valence-electron chi connectivity index (χ3n) is 2.73. The molecule has 0 atom stereocenters. The number of anilines is 1. The molecule has 116 valence electrons. The zero-order valence-electron chi connectivity index (χ0n) is 11.2. The van der Waals surface area contributed by atoms with Gasteiger partial charge in [-0.05, 0) is 29.8 Å². The summed E-state index contributed by atoms with van der Waals surface area (Å²) in [5.41, 5.74) is -0.0787. The summed E-state index contributed by atoms with van der Waals surface area (Å²) < 4.78 is 40.3. The van der Waals surface area contributed by atoms with E-state index in [-0.39, 0.29) is 11.5 Å². The van der Waals surface area contributed by atoms with E-state index in [9.17, 15) is 18.0 Å². The topological polar surface area (TPSA) is 29.1 Å². The highest BCUT2D eigenvalue weighted by Crippen LogP contribution is 2.21. The Hall–Kier alpha value is -1.66. The Labute approximate surface area is 134 Å². The summed E-state index contributed by atoms with van der Waals surface area (Å²) in [6.07, 6.45) is 0. The fraction of sp³-hybridized carbons (Fsp3) is 0.133. The van der Waals surface area contributed by atoms with E-state index in [1.807, 2.05) is 0 Å². The lowest BCUT2D eigenvalue weighted by molar-refractivity contribution is -0.113. The van der Waals surface area contributed by atoms with Crippen LogP contribution < -0.4 is 5.32 Å². The van der Waals surface area contributed by atoms with Gasteiger partial charge in [-0.2, -0.15) is 0 Å². The molecule has 2 rings (SSSR count). The molecule has 0 radical (unpaired) electrons. The number of thioether (sulfide) groups is 1. The summed E-state index contributed by atoms with van der Waals surface area (Å²) >= 11 is 6.76. The monoisotopic (exact) mass is 345 g/mol. The van der Waals surface area contributed by atoms with Crippen molar-refractivity contribution in [3.8, 4) is 0 Å². The standard InChI is InChI=1S/C15H11ClF3NOS/c16-10-5-4-9(13(19)6-10)7-22-8-14(21)20-15-11(17)2-1-3-12(15)18/h1-6H,7-8H2,(H,20,21). The fourth-order valence-electron chi connectivity index (χ4n) is 1.69. The maximum absolute atomic E-state index is 13.5. The second-order valence-corrected chi connectivity index (χ2v) is 5.80. The lowest BCUT2D eigenvalue weighted by atomic mass is 10.2. The number of carbonyl (C=O) groups excluding carboxylic acids is 1. The number of para-hydroxylation sites is 1. The Balaban J connectivity index is 1.88. The quantitative estimate of drug-likeness (QED) is 0.856. The van der Waals surface area contributed by atoms with E-state index in [4.69, 9.17) is 11.6 Å². The average molecular weight is 346 g/mol. The number of rotatable bonds is 5. The first-order chi connectivity index (χ1) is 10.5. The van der Waals surface area contributed by atoms with Crippen molar-refractivity contribution >= 4 is 35.0 Å². The van der Waals surface area contributed by atoms with Crippen LogP contribution in [0, 0.1) is 17.5 Å². The second-order valence-electron chi connectivity index (χ2n) is 4.37. The van der Waals surface area contributed by atoms with Gasteiger partial charge in [0.2, 0.25) is 5.91 Å². The predicted octanol–water partition coefficient (Wildman–Crippen LogP) is 4.63. The number of benzene rings is 2. The van der Waals surface area contributed by atoms with E-state index in [2.05, 4.69) is 5.32 Å². The normalized spacial score (nSPS) is 10.5. The summed E-state index contributed by atoms with van der Waals surface area (Å²) in [6, 6.07) is 7.57. The Morgan fingerprint density at radius 1 is 1.09 bits per heavy atom. The minimum atomic E-state index is -0.845. The maximum Gasteiger partial charge on any atom is 0.234 e. The second kappa shape index (κ2) is 7.56. The molecule has 0 fully saturated rings. The molecule has 0 saturated heterocycles. The third-order valence-corrected chi connectivity index (χ3v) is 3.95. The van der Waals surface area contributed by atoms with E-state index in [1.54, 1.807) is 6.07 Å². The Morgan fingerprint density at radius 3 is 2.41 bits per heavy atom. The molecule has 0 aromatic heterocycles. The van der Waals surface area contributed by atoms with Crippen LogP contribution in [-0.4, -0.2) is 11.7 Å². The summed E-state index contributed by atoms with van der Waals surface area (Å²) in [6.45, 7) is 0. The van der Waals surface area contributed by atoms with Gasteiger partial charge in [-0.3, -0.25) is 4.79 Å². The molecule has 2 aromatic rings. The van der Waals surface area contributed by atoms with Gasteiger partial charge in [0.05, 0.1) is 5.75 Å². The molecule has 0 unspecified atom stereocenters. The van der Waals surface area contributed by atoms with E-state index in [0.29, 0.717) is 10.6 Å². The van der Waals surface area contributed by atoms with E-state index in [0.717, 1.165) is 23.9 Å². The van der Waals surface area contributed by atoms with Gasteiger partial charge in [0.15, 0.2) is 0 Å². The van der Waals surface area contributed by atoms with Gasteiger partial charge in [-0.1, -0.05) is 23.7 Å². The molecule has 0 aliphatic carbocycles. The van der Waals surface area contributed by atoms with Gasteiger partial charge < -0.3 is 5.32 Å². The summed E-state index contributed by atoms with van der Waals surface area (Å²) in [5.74, 6) is -2.53. The largest absolute Gasteiger partial charge is 0.320 e. The van der Waals surface area contributed by atoms with Crippen LogP contribution in [0.3, 0.4) is 0 Å². The smallest absolute Gasteiger partial charge is 0.234 e. The molecule has 2 aromatic carbocycles.